The van der Waals surface area contributed by atoms with Crippen LogP contribution in [0.1, 0.15) is 56.6 Å². The van der Waals surface area contributed by atoms with Crippen LogP contribution < -0.4 is 5.32 Å². The number of carbonyl (C=O) groups is 2. The molecule has 0 radical (unpaired) electrons. The highest BCUT2D eigenvalue weighted by Crippen LogP contribution is 2.31. The predicted octanol–water partition coefficient (Wildman–Crippen LogP) is 3.52. The number of hydrogen-bond donors (Lipinski definition) is 1. The summed E-state index contributed by atoms with van der Waals surface area (Å²) in [4.78, 5) is 28.6. The maximum atomic E-state index is 14.5. The van der Waals surface area contributed by atoms with Crippen LogP contribution in [-0.2, 0) is 9.59 Å². The number of halogens is 2. The monoisotopic (exact) mass is 409 g/mol. The summed E-state index contributed by atoms with van der Waals surface area (Å²) in [6.07, 6.45) is 6.60. The molecule has 2 aliphatic rings. The number of hydrogen-bond acceptors (Lipinski definition) is 3. The third kappa shape index (κ3) is 5.45. The van der Waals surface area contributed by atoms with E-state index < -0.39 is 0 Å². The van der Waals surface area contributed by atoms with E-state index in [0.29, 0.717) is 23.6 Å². The first-order valence-corrected chi connectivity index (χ1v) is 10.7. The quantitative estimate of drug-likeness (QED) is 0.782. The van der Waals surface area contributed by atoms with Gasteiger partial charge in [0.1, 0.15) is 5.82 Å². The highest BCUT2D eigenvalue weighted by Gasteiger charge is 2.28. The fourth-order valence-corrected chi connectivity index (χ4v) is 4.41. The molecule has 0 saturated carbocycles. The second-order valence-corrected chi connectivity index (χ2v) is 8.08. The maximum Gasteiger partial charge on any atom is 0.239 e. The fourth-order valence-electron chi connectivity index (χ4n) is 4.12. The van der Waals surface area contributed by atoms with Crippen molar-refractivity contribution in [1.82, 2.24) is 15.1 Å². The standard InChI is InChI=1S/C21H29ClFN3O2/c22-16-8-7-9-17(23)21(16)18(25-11-5-6-12-25)14-24-19(27)15-26-13-4-2-1-3-10-20(26)28/h7-9,18H,1-6,10-15H2,(H,24,27). The molecule has 0 bridgehead atoms. The van der Waals surface area contributed by atoms with E-state index in [1.807, 2.05) is 0 Å². The van der Waals surface area contributed by atoms with E-state index in [1.165, 1.54) is 6.07 Å². The number of rotatable bonds is 6. The number of benzene rings is 1. The molecule has 154 valence electrons. The van der Waals surface area contributed by atoms with Gasteiger partial charge in [0.05, 0.1) is 12.6 Å². The molecule has 5 nitrogen and oxygen atoms in total. The molecule has 1 aromatic carbocycles. The number of nitrogens with zero attached hydrogens (tertiary/aromatic N) is 2. The molecule has 2 aliphatic heterocycles. The minimum Gasteiger partial charge on any atom is -0.353 e. The van der Waals surface area contributed by atoms with Gasteiger partial charge < -0.3 is 10.2 Å². The number of nitrogens with one attached hydrogen (secondary N) is 1. The van der Waals surface area contributed by atoms with E-state index in [0.717, 1.165) is 51.6 Å². The van der Waals surface area contributed by atoms with Crippen molar-refractivity contribution in [2.45, 2.75) is 51.0 Å². The normalized spacial score (nSPS) is 19.9. The fraction of sp³-hybridized carbons (Fsp3) is 0.619. The zero-order chi connectivity index (χ0) is 19.9. The van der Waals surface area contributed by atoms with Crippen LogP contribution in [0.2, 0.25) is 5.02 Å². The first-order valence-electron chi connectivity index (χ1n) is 10.3. The topological polar surface area (TPSA) is 52.7 Å². The van der Waals surface area contributed by atoms with Gasteiger partial charge in [0.2, 0.25) is 11.8 Å². The minimum absolute atomic E-state index is 0.0445. The summed E-state index contributed by atoms with van der Waals surface area (Å²) in [5.74, 6) is -0.508. The van der Waals surface area contributed by atoms with Gasteiger partial charge in [0, 0.05) is 30.1 Å². The van der Waals surface area contributed by atoms with Gasteiger partial charge in [-0.25, -0.2) is 4.39 Å². The van der Waals surface area contributed by atoms with Crippen LogP contribution in [-0.4, -0.2) is 54.3 Å². The Hall–Kier alpha value is -1.66. The van der Waals surface area contributed by atoms with E-state index in [4.69, 9.17) is 11.6 Å². The molecule has 28 heavy (non-hydrogen) atoms. The molecule has 1 aromatic rings. The molecule has 1 atom stereocenters. The van der Waals surface area contributed by atoms with Crippen molar-refractivity contribution in [3.8, 4) is 0 Å². The second kappa shape index (κ2) is 10.2. The average molecular weight is 410 g/mol. The summed E-state index contributed by atoms with van der Waals surface area (Å²) >= 11 is 6.29. The lowest BCUT2D eigenvalue weighted by Gasteiger charge is -2.30. The first-order chi connectivity index (χ1) is 13.6. The largest absolute Gasteiger partial charge is 0.353 e. The molecule has 1 N–H and O–H groups in total. The molecule has 0 aliphatic carbocycles. The van der Waals surface area contributed by atoms with Crippen molar-refractivity contribution in [2.24, 2.45) is 0 Å². The molecular formula is C21H29ClFN3O2. The van der Waals surface area contributed by atoms with Gasteiger partial charge in [0.25, 0.3) is 0 Å². The third-order valence-corrected chi connectivity index (χ3v) is 5.99. The zero-order valence-electron chi connectivity index (χ0n) is 16.3. The molecular weight excluding hydrogens is 381 g/mol. The zero-order valence-corrected chi connectivity index (χ0v) is 17.0. The lowest BCUT2D eigenvalue weighted by molar-refractivity contribution is -0.136. The van der Waals surface area contributed by atoms with Crippen LogP contribution in [0.3, 0.4) is 0 Å². The summed E-state index contributed by atoms with van der Waals surface area (Å²) in [5, 5.41) is 3.30. The van der Waals surface area contributed by atoms with Crippen LogP contribution in [0.15, 0.2) is 18.2 Å². The Balaban J connectivity index is 1.64. The predicted molar refractivity (Wildman–Crippen MR) is 108 cm³/mol. The van der Waals surface area contributed by atoms with Crippen molar-refractivity contribution in [2.75, 3.05) is 32.7 Å². The van der Waals surface area contributed by atoms with Crippen LogP contribution in [0.5, 0.6) is 0 Å². The molecule has 2 fully saturated rings. The van der Waals surface area contributed by atoms with Crippen molar-refractivity contribution in [3.05, 3.63) is 34.6 Å². The van der Waals surface area contributed by atoms with Gasteiger partial charge in [-0.3, -0.25) is 14.5 Å². The van der Waals surface area contributed by atoms with Crippen LogP contribution >= 0.6 is 11.6 Å². The molecule has 1 unspecified atom stereocenters. The Bertz CT molecular complexity index is 674. The Morgan fingerprint density at radius 2 is 1.82 bits per heavy atom. The van der Waals surface area contributed by atoms with Crippen molar-refractivity contribution in [3.63, 3.8) is 0 Å². The van der Waals surface area contributed by atoms with E-state index in [2.05, 4.69) is 10.2 Å². The molecule has 0 spiro atoms. The number of amides is 2. The highest BCUT2D eigenvalue weighted by molar-refractivity contribution is 6.31. The maximum absolute atomic E-state index is 14.5. The Labute approximate surface area is 171 Å². The summed E-state index contributed by atoms with van der Waals surface area (Å²) in [6, 6.07) is 4.38. The Kier molecular flexibility index (Phi) is 7.68. The van der Waals surface area contributed by atoms with E-state index in [1.54, 1.807) is 17.0 Å². The average Bonchev–Trinajstić information content (AvgIpc) is 3.18. The van der Waals surface area contributed by atoms with Crippen molar-refractivity contribution < 1.29 is 14.0 Å². The Morgan fingerprint density at radius 3 is 2.57 bits per heavy atom. The van der Waals surface area contributed by atoms with E-state index in [9.17, 15) is 14.0 Å². The molecule has 2 saturated heterocycles. The molecule has 0 aromatic heterocycles. The molecule has 7 heteroatoms. The van der Waals surface area contributed by atoms with Crippen molar-refractivity contribution >= 4 is 23.4 Å². The van der Waals surface area contributed by atoms with Gasteiger partial charge in [-0.2, -0.15) is 0 Å². The molecule has 2 amide bonds. The number of likely N-dealkylation sites (tertiary alicyclic amines) is 2. The summed E-state index contributed by atoms with van der Waals surface area (Å²) in [5.41, 5.74) is 0.439. The van der Waals surface area contributed by atoms with Gasteiger partial charge >= 0.3 is 0 Å². The lowest BCUT2D eigenvalue weighted by atomic mass is 10.0. The van der Waals surface area contributed by atoms with E-state index >= 15 is 0 Å². The lowest BCUT2D eigenvalue weighted by Crippen LogP contribution is -2.44. The molecule has 3 rings (SSSR count). The van der Waals surface area contributed by atoms with Gasteiger partial charge in [0.15, 0.2) is 0 Å². The smallest absolute Gasteiger partial charge is 0.239 e. The molecule has 2 heterocycles. The summed E-state index contributed by atoms with van der Waals surface area (Å²) < 4.78 is 14.5. The minimum atomic E-state index is -0.349. The van der Waals surface area contributed by atoms with Gasteiger partial charge in [-0.05, 0) is 50.9 Å². The van der Waals surface area contributed by atoms with Gasteiger partial charge in [-0.15, -0.1) is 0 Å². The SMILES string of the molecule is O=C(CN1CCCCCCC1=O)NCC(c1c(F)cccc1Cl)N1CCCC1. The Morgan fingerprint density at radius 1 is 1.11 bits per heavy atom. The van der Waals surface area contributed by atoms with Crippen LogP contribution in [0, 0.1) is 5.82 Å². The summed E-state index contributed by atoms with van der Waals surface area (Å²) in [6.45, 7) is 2.69. The van der Waals surface area contributed by atoms with Crippen molar-refractivity contribution in [1.29, 1.82) is 0 Å². The third-order valence-electron chi connectivity index (χ3n) is 5.66. The van der Waals surface area contributed by atoms with Gasteiger partial charge in [-0.1, -0.05) is 30.5 Å². The highest BCUT2D eigenvalue weighted by atomic mass is 35.5. The summed E-state index contributed by atoms with van der Waals surface area (Å²) in [7, 11) is 0. The van der Waals surface area contributed by atoms with Crippen LogP contribution in [0.25, 0.3) is 0 Å². The van der Waals surface area contributed by atoms with E-state index in [-0.39, 0.29) is 36.8 Å². The number of carbonyl (C=O) groups excluding carboxylic acids is 2. The second-order valence-electron chi connectivity index (χ2n) is 7.68. The van der Waals surface area contributed by atoms with Crippen LogP contribution in [0.4, 0.5) is 4.39 Å². The first kappa shape index (κ1) is 21.1.